The van der Waals surface area contributed by atoms with E-state index in [1.165, 1.54) is 25.7 Å². The van der Waals surface area contributed by atoms with Crippen LogP contribution >= 0.6 is 0 Å². The number of rotatable bonds is 5. The zero-order valence-electron chi connectivity index (χ0n) is 16.2. The zero-order chi connectivity index (χ0) is 19.5. The lowest BCUT2D eigenvalue weighted by Gasteiger charge is -2.15. The monoisotopic (exact) mass is 381 g/mol. The van der Waals surface area contributed by atoms with E-state index in [2.05, 4.69) is 39.9 Å². The number of aromatic nitrogens is 3. The van der Waals surface area contributed by atoms with E-state index in [0.717, 1.165) is 33.7 Å². The van der Waals surface area contributed by atoms with Gasteiger partial charge in [-0.1, -0.05) is 61.4 Å². The Morgan fingerprint density at radius 2 is 1.66 bits per heavy atom. The summed E-state index contributed by atoms with van der Waals surface area (Å²) in [5.74, 6) is 1.44. The highest BCUT2D eigenvalue weighted by molar-refractivity contribution is 5.91. The molecule has 4 aromatic rings. The van der Waals surface area contributed by atoms with Crippen LogP contribution in [0.1, 0.15) is 25.7 Å². The molecule has 5 heteroatoms. The number of nitrogens with zero attached hydrogens (tertiary/aromatic N) is 3. The molecule has 1 aliphatic carbocycles. The molecule has 1 saturated carbocycles. The average molecular weight is 381 g/mol. The lowest BCUT2D eigenvalue weighted by molar-refractivity contribution is 0.750. The number of hydrogen-bond acceptors (Lipinski definition) is 5. The number of nitrogens with one attached hydrogen (secondary N) is 2. The second-order valence-electron chi connectivity index (χ2n) is 7.46. The summed E-state index contributed by atoms with van der Waals surface area (Å²) in [5, 5.41) is 8.09. The summed E-state index contributed by atoms with van der Waals surface area (Å²) >= 11 is 0. The molecular formula is C24H23N5. The van der Waals surface area contributed by atoms with Gasteiger partial charge < -0.3 is 10.6 Å². The van der Waals surface area contributed by atoms with E-state index in [9.17, 15) is 0 Å². The van der Waals surface area contributed by atoms with Gasteiger partial charge in [0.2, 0.25) is 5.95 Å². The van der Waals surface area contributed by atoms with Crippen LogP contribution in [0.5, 0.6) is 0 Å². The molecule has 5 nitrogen and oxygen atoms in total. The lowest BCUT2D eigenvalue weighted by atomic mass is 10.1. The maximum absolute atomic E-state index is 4.79. The quantitative estimate of drug-likeness (QED) is 0.458. The first kappa shape index (κ1) is 17.6. The smallest absolute Gasteiger partial charge is 0.229 e. The molecular weight excluding hydrogens is 358 g/mol. The number of hydrogen-bond donors (Lipinski definition) is 2. The first-order valence-corrected chi connectivity index (χ1v) is 10.2. The van der Waals surface area contributed by atoms with Crippen LogP contribution in [-0.2, 0) is 0 Å². The van der Waals surface area contributed by atoms with Crippen molar-refractivity contribution in [3.8, 4) is 11.3 Å². The van der Waals surface area contributed by atoms with Crippen molar-refractivity contribution >= 4 is 28.4 Å². The topological polar surface area (TPSA) is 62.7 Å². The Morgan fingerprint density at radius 1 is 0.828 bits per heavy atom. The van der Waals surface area contributed by atoms with Crippen LogP contribution in [-0.4, -0.2) is 21.0 Å². The molecule has 2 heterocycles. The number of fused-ring (bicyclic) bond motifs is 1. The second-order valence-corrected chi connectivity index (χ2v) is 7.46. The van der Waals surface area contributed by atoms with Crippen molar-refractivity contribution in [2.45, 2.75) is 31.7 Å². The van der Waals surface area contributed by atoms with Crippen LogP contribution < -0.4 is 10.6 Å². The molecule has 1 fully saturated rings. The molecule has 144 valence electrons. The Morgan fingerprint density at radius 3 is 2.52 bits per heavy atom. The molecule has 2 aromatic carbocycles. The molecule has 0 bridgehead atoms. The summed E-state index contributed by atoms with van der Waals surface area (Å²) in [4.78, 5) is 14.1. The molecule has 0 aliphatic heterocycles. The van der Waals surface area contributed by atoms with Gasteiger partial charge >= 0.3 is 0 Å². The van der Waals surface area contributed by atoms with Crippen molar-refractivity contribution in [1.82, 2.24) is 15.0 Å². The normalized spacial score (nSPS) is 14.2. The molecule has 0 amide bonds. The molecule has 5 rings (SSSR count). The minimum atomic E-state index is 0.487. The summed E-state index contributed by atoms with van der Waals surface area (Å²) in [7, 11) is 0. The minimum absolute atomic E-state index is 0.487. The standard InChI is InChI=1S/C24H23N5/c1-2-8-17(9-3-1)21-16-22(26-19-12-4-5-13-19)29-24(28-21)27-20-14-6-10-18-11-7-15-25-23(18)20/h1-3,6-11,14-16,19H,4-5,12-13H2,(H2,26,27,28,29). The molecule has 2 aromatic heterocycles. The van der Waals surface area contributed by atoms with Crippen molar-refractivity contribution in [1.29, 1.82) is 0 Å². The van der Waals surface area contributed by atoms with Gasteiger partial charge in [0.15, 0.2) is 0 Å². The third-order valence-corrected chi connectivity index (χ3v) is 5.38. The van der Waals surface area contributed by atoms with E-state index in [0.29, 0.717) is 12.0 Å². The maximum atomic E-state index is 4.79. The van der Waals surface area contributed by atoms with E-state index in [1.807, 2.05) is 48.7 Å². The molecule has 0 radical (unpaired) electrons. The maximum Gasteiger partial charge on any atom is 0.229 e. The highest BCUT2D eigenvalue weighted by Crippen LogP contribution is 2.28. The fraction of sp³-hybridized carbons (Fsp3) is 0.208. The summed E-state index contributed by atoms with van der Waals surface area (Å²) in [5.41, 5.74) is 3.79. The Kier molecular flexibility index (Phi) is 4.78. The Labute approximate surface area is 170 Å². The van der Waals surface area contributed by atoms with Gasteiger partial charge in [-0.3, -0.25) is 4.98 Å². The van der Waals surface area contributed by atoms with E-state index in [-0.39, 0.29) is 0 Å². The average Bonchev–Trinajstić information content (AvgIpc) is 3.27. The van der Waals surface area contributed by atoms with Gasteiger partial charge in [0.25, 0.3) is 0 Å². The van der Waals surface area contributed by atoms with Crippen molar-refractivity contribution in [2.75, 3.05) is 10.6 Å². The van der Waals surface area contributed by atoms with Crippen LogP contribution in [0, 0.1) is 0 Å². The first-order chi connectivity index (χ1) is 14.3. The van der Waals surface area contributed by atoms with Gasteiger partial charge in [-0.25, -0.2) is 4.98 Å². The molecule has 0 saturated heterocycles. The van der Waals surface area contributed by atoms with Crippen LogP contribution in [0.2, 0.25) is 0 Å². The zero-order valence-corrected chi connectivity index (χ0v) is 16.2. The van der Waals surface area contributed by atoms with Gasteiger partial charge in [-0.05, 0) is 25.0 Å². The van der Waals surface area contributed by atoms with Gasteiger partial charge in [-0.15, -0.1) is 0 Å². The number of anilines is 3. The number of para-hydroxylation sites is 1. The summed E-state index contributed by atoms with van der Waals surface area (Å²) in [6, 6.07) is 22.8. The summed E-state index contributed by atoms with van der Waals surface area (Å²) < 4.78 is 0. The fourth-order valence-electron chi connectivity index (χ4n) is 3.94. The third-order valence-electron chi connectivity index (χ3n) is 5.38. The third kappa shape index (κ3) is 3.90. The summed E-state index contributed by atoms with van der Waals surface area (Å²) in [6.07, 6.45) is 6.76. The van der Waals surface area contributed by atoms with E-state index in [4.69, 9.17) is 9.97 Å². The molecule has 0 atom stereocenters. The highest BCUT2D eigenvalue weighted by Gasteiger charge is 2.16. The van der Waals surface area contributed by atoms with Crippen LogP contribution in [0.25, 0.3) is 22.2 Å². The predicted octanol–water partition coefficient (Wildman–Crippen LogP) is 5.79. The molecule has 0 unspecified atom stereocenters. The Balaban J connectivity index is 1.53. The van der Waals surface area contributed by atoms with Crippen molar-refractivity contribution in [3.63, 3.8) is 0 Å². The summed E-state index contributed by atoms with van der Waals surface area (Å²) in [6.45, 7) is 0. The van der Waals surface area contributed by atoms with E-state index in [1.54, 1.807) is 0 Å². The van der Waals surface area contributed by atoms with Crippen LogP contribution in [0.15, 0.2) is 72.9 Å². The predicted molar refractivity (Wildman–Crippen MR) is 118 cm³/mol. The van der Waals surface area contributed by atoms with Crippen molar-refractivity contribution < 1.29 is 0 Å². The van der Waals surface area contributed by atoms with Gasteiger partial charge in [0.05, 0.1) is 16.9 Å². The van der Waals surface area contributed by atoms with Gasteiger partial charge in [0, 0.05) is 29.3 Å². The minimum Gasteiger partial charge on any atom is -0.367 e. The van der Waals surface area contributed by atoms with Crippen LogP contribution in [0.4, 0.5) is 17.5 Å². The molecule has 2 N–H and O–H groups in total. The molecule has 1 aliphatic rings. The first-order valence-electron chi connectivity index (χ1n) is 10.2. The van der Waals surface area contributed by atoms with Gasteiger partial charge in [0.1, 0.15) is 5.82 Å². The van der Waals surface area contributed by atoms with Crippen molar-refractivity contribution in [3.05, 3.63) is 72.9 Å². The second kappa shape index (κ2) is 7.87. The number of pyridine rings is 1. The fourth-order valence-corrected chi connectivity index (χ4v) is 3.94. The SMILES string of the molecule is c1ccc(-c2cc(NC3CCCC3)nc(Nc3cccc4cccnc34)n2)cc1. The highest BCUT2D eigenvalue weighted by atomic mass is 15.2. The largest absolute Gasteiger partial charge is 0.367 e. The molecule has 0 spiro atoms. The van der Waals surface area contributed by atoms with Crippen LogP contribution in [0.3, 0.4) is 0 Å². The van der Waals surface area contributed by atoms with Gasteiger partial charge in [-0.2, -0.15) is 4.98 Å². The lowest BCUT2D eigenvalue weighted by Crippen LogP contribution is -2.16. The Hall–Kier alpha value is -3.47. The van der Waals surface area contributed by atoms with E-state index >= 15 is 0 Å². The Bertz CT molecular complexity index is 1120. The van der Waals surface area contributed by atoms with E-state index < -0.39 is 0 Å². The molecule has 29 heavy (non-hydrogen) atoms. The number of benzene rings is 2. The van der Waals surface area contributed by atoms with Crippen molar-refractivity contribution in [2.24, 2.45) is 0 Å².